The van der Waals surface area contributed by atoms with Gasteiger partial charge in [0.2, 0.25) is 5.91 Å². The van der Waals surface area contributed by atoms with Crippen molar-refractivity contribution < 1.29 is 23.8 Å². The van der Waals surface area contributed by atoms with Crippen molar-refractivity contribution in [1.82, 2.24) is 5.32 Å². The summed E-state index contributed by atoms with van der Waals surface area (Å²) in [6, 6.07) is 11.3. The smallest absolute Gasteiger partial charge is 0.255 e. The van der Waals surface area contributed by atoms with Gasteiger partial charge in [-0.1, -0.05) is 26.0 Å². The Morgan fingerprint density at radius 2 is 1.72 bits per heavy atom. The summed E-state index contributed by atoms with van der Waals surface area (Å²) in [7, 11) is 3.06. The molecule has 1 atom stereocenters. The maximum absolute atomic E-state index is 12.9. The topological polar surface area (TPSA) is 85.9 Å². The average Bonchev–Trinajstić information content (AvgIpc) is 2.72. The van der Waals surface area contributed by atoms with Gasteiger partial charge in [0, 0.05) is 6.07 Å². The van der Waals surface area contributed by atoms with E-state index in [1.165, 1.54) is 7.11 Å². The number of carbonyl (C=O) groups is 2. The molecule has 0 saturated carbocycles. The first-order valence-corrected chi connectivity index (χ1v) is 9.46. The molecule has 7 nitrogen and oxygen atoms in total. The standard InChI is InChI=1S/C22H28N2O5/c1-6-29-18-10-8-7-9-16(18)21(25)24-20(14(2)3)22(26)23-17-12-11-15(27-4)13-19(17)28-5/h7-14,20H,6H2,1-5H3,(H,23,26)(H,24,25)/t20-/m1/s1. The number of hydrogen-bond donors (Lipinski definition) is 2. The summed E-state index contributed by atoms with van der Waals surface area (Å²) in [6.07, 6.45) is 0. The predicted molar refractivity (Wildman–Crippen MR) is 112 cm³/mol. The van der Waals surface area contributed by atoms with E-state index in [0.29, 0.717) is 35.1 Å². The maximum Gasteiger partial charge on any atom is 0.255 e. The highest BCUT2D eigenvalue weighted by atomic mass is 16.5. The molecule has 0 unspecified atom stereocenters. The fourth-order valence-corrected chi connectivity index (χ4v) is 2.80. The summed E-state index contributed by atoms with van der Waals surface area (Å²) in [5.74, 6) is 0.708. The fraction of sp³-hybridized carbons (Fsp3) is 0.364. The van der Waals surface area contributed by atoms with Crippen molar-refractivity contribution >= 4 is 17.5 Å². The highest BCUT2D eigenvalue weighted by Gasteiger charge is 2.26. The summed E-state index contributed by atoms with van der Waals surface area (Å²) in [4.78, 5) is 25.7. The number of rotatable bonds is 9. The highest BCUT2D eigenvalue weighted by Crippen LogP contribution is 2.29. The summed E-state index contributed by atoms with van der Waals surface area (Å²) < 4.78 is 16.0. The van der Waals surface area contributed by atoms with Crippen LogP contribution in [-0.2, 0) is 4.79 Å². The number of para-hydroxylation sites is 1. The Balaban J connectivity index is 2.20. The summed E-state index contributed by atoms with van der Waals surface area (Å²) in [6.45, 7) is 6.02. The molecule has 2 rings (SSSR count). The molecule has 0 radical (unpaired) electrons. The second kappa shape index (κ2) is 10.4. The van der Waals surface area contributed by atoms with E-state index in [9.17, 15) is 9.59 Å². The first-order chi connectivity index (χ1) is 13.9. The normalized spacial score (nSPS) is 11.5. The molecule has 156 valence electrons. The van der Waals surface area contributed by atoms with Crippen molar-refractivity contribution in [1.29, 1.82) is 0 Å². The molecule has 0 aromatic heterocycles. The van der Waals surface area contributed by atoms with E-state index in [2.05, 4.69) is 10.6 Å². The van der Waals surface area contributed by atoms with Crippen molar-refractivity contribution in [3.05, 3.63) is 48.0 Å². The Morgan fingerprint density at radius 1 is 1.00 bits per heavy atom. The van der Waals surface area contributed by atoms with Crippen LogP contribution < -0.4 is 24.8 Å². The number of nitrogens with one attached hydrogen (secondary N) is 2. The lowest BCUT2D eigenvalue weighted by Gasteiger charge is -2.23. The monoisotopic (exact) mass is 400 g/mol. The number of benzene rings is 2. The summed E-state index contributed by atoms with van der Waals surface area (Å²) in [5, 5.41) is 5.64. The van der Waals surface area contributed by atoms with Crippen LogP contribution in [0.2, 0.25) is 0 Å². The van der Waals surface area contributed by atoms with Crippen molar-refractivity contribution in [2.75, 3.05) is 26.1 Å². The van der Waals surface area contributed by atoms with Crippen LogP contribution in [-0.4, -0.2) is 38.7 Å². The number of ether oxygens (including phenoxy) is 3. The number of amides is 2. The van der Waals surface area contributed by atoms with Crippen LogP contribution in [0.15, 0.2) is 42.5 Å². The average molecular weight is 400 g/mol. The zero-order chi connectivity index (χ0) is 21.4. The molecule has 0 heterocycles. The van der Waals surface area contributed by atoms with Gasteiger partial charge >= 0.3 is 0 Å². The van der Waals surface area contributed by atoms with Crippen molar-refractivity contribution in [3.8, 4) is 17.2 Å². The van der Waals surface area contributed by atoms with E-state index < -0.39 is 6.04 Å². The SMILES string of the molecule is CCOc1ccccc1C(=O)N[C@@H](C(=O)Nc1ccc(OC)cc1OC)C(C)C. The molecular formula is C22H28N2O5. The van der Waals surface area contributed by atoms with Crippen LogP contribution in [0.1, 0.15) is 31.1 Å². The van der Waals surface area contributed by atoms with Gasteiger partial charge in [-0.3, -0.25) is 9.59 Å². The Labute approximate surface area is 171 Å². The molecule has 2 amide bonds. The van der Waals surface area contributed by atoms with E-state index in [0.717, 1.165) is 0 Å². The molecule has 0 spiro atoms. The molecule has 29 heavy (non-hydrogen) atoms. The van der Waals surface area contributed by atoms with Gasteiger partial charge in [-0.2, -0.15) is 0 Å². The van der Waals surface area contributed by atoms with Gasteiger partial charge in [-0.05, 0) is 37.1 Å². The molecule has 0 saturated heterocycles. The largest absolute Gasteiger partial charge is 0.497 e. The van der Waals surface area contributed by atoms with Gasteiger partial charge in [0.15, 0.2) is 0 Å². The Bertz CT molecular complexity index is 851. The van der Waals surface area contributed by atoms with E-state index in [-0.39, 0.29) is 17.7 Å². The summed E-state index contributed by atoms with van der Waals surface area (Å²) >= 11 is 0. The molecule has 2 N–H and O–H groups in total. The number of hydrogen-bond acceptors (Lipinski definition) is 5. The van der Waals surface area contributed by atoms with E-state index in [1.54, 1.807) is 49.6 Å². The second-order valence-electron chi connectivity index (χ2n) is 6.68. The third-order valence-corrected chi connectivity index (χ3v) is 4.33. The molecule has 0 aliphatic carbocycles. The van der Waals surface area contributed by atoms with E-state index >= 15 is 0 Å². The molecule has 2 aromatic carbocycles. The predicted octanol–water partition coefficient (Wildman–Crippen LogP) is 3.50. The minimum atomic E-state index is -0.746. The van der Waals surface area contributed by atoms with Crippen LogP contribution in [0, 0.1) is 5.92 Å². The van der Waals surface area contributed by atoms with Crippen LogP contribution in [0.5, 0.6) is 17.2 Å². The fourth-order valence-electron chi connectivity index (χ4n) is 2.80. The number of methoxy groups -OCH3 is 2. The Kier molecular flexibility index (Phi) is 7.88. The Morgan fingerprint density at radius 3 is 2.34 bits per heavy atom. The highest BCUT2D eigenvalue weighted by molar-refractivity contribution is 6.03. The van der Waals surface area contributed by atoms with Crippen LogP contribution in [0.25, 0.3) is 0 Å². The lowest BCUT2D eigenvalue weighted by Crippen LogP contribution is -2.47. The molecule has 0 aliphatic heterocycles. The van der Waals surface area contributed by atoms with Gasteiger partial charge < -0.3 is 24.8 Å². The van der Waals surface area contributed by atoms with Gasteiger partial charge in [0.25, 0.3) is 5.91 Å². The molecule has 0 aliphatic rings. The molecule has 0 fully saturated rings. The van der Waals surface area contributed by atoms with Crippen molar-refractivity contribution in [2.45, 2.75) is 26.8 Å². The zero-order valence-electron chi connectivity index (χ0n) is 17.4. The van der Waals surface area contributed by atoms with Gasteiger partial charge in [-0.25, -0.2) is 0 Å². The first kappa shape index (κ1) is 22.1. The minimum absolute atomic E-state index is 0.137. The van der Waals surface area contributed by atoms with Crippen molar-refractivity contribution in [2.24, 2.45) is 5.92 Å². The van der Waals surface area contributed by atoms with Crippen molar-refractivity contribution in [3.63, 3.8) is 0 Å². The Hall–Kier alpha value is -3.22. The lowest BCUT2D eigenvalue weighted by atomic mass is 10.0. The lowest BCUT2D eigenvalue weighted by molar-refractivity contribution is -0.118. The van der Waals surface area contributed by atoms with E-state index in [4.69, 9.17) is 14.2 Å². The molecule has 0 bridgehead atoms. The zero-order valence-corrected chi connectivity index (χ0v) is 17.4. The van der Waals surface area contributed by atoms with Crippen LogP contribution in [0.4, 0.5) is 5.69 Å². The molecular weight excluding hydrogens is 372 g/mol. The third kappa shape index (κ3) is 5.63. The second-order valence-corrected chi connectivity index (χ2v) is 6.68. The van der Waals surface area contributed by atoms with Gasteiger partial charge in [-0.15, -0.1) is 0 Å². The first-order valence-electron chi connectivity index (χ1n) is 9.46. The van der Waals surface area contributed by atoms with Crippen LogP contribution in [0.3, 0.4) is 0 Å². The number of anilines is 1. The number of carbonyl (C=O) groups excluding carboxylic acids is 2. The maximum atomic E-state index is 12.9. The third-order valence-electron chi connectivity index (χ3n) is 4.33. The molecule has 2 aromatic rings. The summed E-state index contributed by atoms with van der Waals surface area (Å²) in [5.41, 5.74) is 0.878. The van der Waals surface area contributed by atoms with Crippen LogP contribution >= 0.6 is 0 Å². The quantitative estimate of drug-likeness (QED) is 0.673. The van der Waals surface area contributed by atoms with Gasteiger partial charge in [0.1, 0.15) is 23.3 Å². The van der Waals surface area contributed by atoms with Gasteiger partial charge in [0.05, 0.1) is 32.1 Å². The minimum Gasteiger partial charge on any atom is -0.497 e. The van der Waals surface area contributed by atoms with E-state index in [1.807, 2.05) is 20.8 Å². The molecule has 7 heteroatoms.